The minimum absolute atomic E-state index is 0.0355. The molecule has 1 amide bonds. The lowest BCUT2D eigenvalue weighted by Gasteiger charge is -2.40. The zero-order valence-electron chi connectivity index (χ0n) is 16.1. The minimum Gasteiger partial charge on any atom is -0.490 e. The Bertz CT molecular complexity index is 832. The maximum atomic E-state index is 13.2. The molecule has 4 rings (SSSR count). The van der Waals surface area contributed by atoms with Crippen LogP contribution in [0.4, 0.5) is 0 Å². The van der Waals surface area contributed by atoms with E-state index < -0.39 is 0 Å². The number of hydrogen-bond acceptors (Lipinski definition) is 4. The van der Waals surface area contributed by atoms with E-state index in [2.05, 4.69) is 10.2 Å². The number of nitrogens with one attached hydrogen (secondary N) is 1. The summed E-state index contributed by atoms with van der Waals surface area (Å²) in [6.45, 7) is 6.51. The van der Waals surface area contributed by atoms with Gasteiger partial charge in [-0.25, -0.2) is 0 Å². The summed E-state index contributed by atoms with van der Waals surface area (Å²) in [6, 6.07) is 5.49. The van der Waals surface area contributed by atoms with Gasteiger partial charge in [-0.2, -0.15) is 5.10 Å². The summed E-state index contributed by atoms with van der Waals surface area (Å²) < 4.78 is 11.3. The van der Waals surface area contributed by atoms with Crippen molar-refractivity contribution < 1.29 is 14.3 Å². The lowest BCUT2D eigenvalue weighted by molar-refractivity contribution is 0.0632. The molecule has 1 saturated heterocycles. The number of rotatable bonds is 5. The highest BCUT2D eigenvalue weighted by Gasteiger charge is 2.44. The smallest absolute Gasteiger partial charge is 0.254 e. The van der Waals surface area contributed by atoms with E-state index in [1.807, 2.05) is 43.1 Å². The Labute approximate surface area is 159 Å². The van der Waals surface area contributed by atoms with E-state index in [0.717, 1.165) is 38.8 Å². The Hall–Kier alpha value is -2.50. The largest absolute Gasteiger partial charge is 0.490 e. The van der Waals surface area contributed by atoms with Crippen molar-refractivity contribution in [3.05, 3.63) is 41.2 Å². The number of aryl methyl sites for hydroxylation is 1. The number of nitrogens with zero attached hydrogens (tertiary/aromatic N) is 2. The molecule has 0 radical (unpaired) electrons. The molecule has 1 fully saturated rings. The zero-order valence-corrected chi connectivity index (χ0v) is 16.1. The molecular weight excluding hydrogens is 342 g/mol. The predicted molar refractivity (Wildman–Crippen MR) is 103 cm³/mol. The van der Waals surface area contributed by atoms with Gasteiger partial charge in [0.15, 0.2) is 11.5 Å². The Morgan fingerprint density at radius 1 is 1.22 bits per heavy atom. The van der Waals surface area contributed by atoms with Gasteiger partial charge >= 0.3 is 0 Å². The minimum atomic E-state index is 0.0355. The normalized spacial score (nSPS) is 21.3. The Balaban J connectivity index is 1.57. The van der Waals surface area contributed by atoms with Crippen LogP contribution in [-0.4, -0.2) is 47.3 Å². The second-order valence-electron chi connectivity index (χ2n) is 7.41. The number of piperidine rings is 1. The van der Waals surface area contributed by atoms with Gasteiger partial charge < -0.3 is 14.4 Å². The van der Waals surface area contributed by atoms with E-state index in [1.165, 1.54) is 11.3 Å². The number of benzene rings is 1. The highest BCUT2D eigenvalue weighted by molar-refractivity contribution is 5.95. The molecule has 1 spiro atoms. The summed E-state index contributed by atoms with van der Waals surface area (Å²) in [4.78, 5) is 15.2. The van der Waals surface area contributed by atoms with Crippen LogP contribution in [0.25, 0.3) is 0 Å². The molecular formula is C21H27N3O3. The molecule has 1 atom stereocenters. The number of aromatic amines is 1. The van der Waals surface area contributed by atoms with Crippen molar-refractivity contribution in [2.24, 2.45) is 0 Å². The molecule has 27 heavy (non-hydrogen) atoms. The van der Waals surface area contributed by atoms with E-state index in [1.54, 1.807) is 0 Å². The van der Waals surface area contributed by atoms with E-state index in [9.17, 15) is 4.79 Å². The SMILES string of the molecule is CCOc1ccc(C(=O)N2CCCC3(CCc4cn[nH]c43)C2)cc1OCC. The number of carbonyl (C=O) groups excluding carboxylic acids is 1. The van der Waals surface area contributed by atoms with E-state index >= 15 is 0 Å². The number of ether oxygens (including phenoxy) is 2. The molecule has 0 bridgehead atoms. The van der Waals surface area contributed by atoms with Crippen molar-refractivity contribution in [2.45, 2.75) is 44.9 Å². The van der Waals surface area contributed by atoms with Gasteiger partial charge in [-0.3, -0.25) is 9.89 Å². The standard InChI is InChI=1S/C21H27N3O3/c1-3-26-17-7-6-15(12-18(17)27-4-2)20(25)24-11-5-9-21(14-24)10-8-16-13-22-23-19(16)21/h6-7,12-13H,3-5,8-11,14H2,1-2H3,(H,22,23). The fraction of sp³-hybridized carbons (Fsp3) is 0.524. The van der Waals surface area contributed by atoms with Crippen LogP contribution in [0.5, 0.6) is 11.5 Å². The average molecular weight is 369 g/mol. The monoisotopic (exact) mass is 369 g/mol. The van der Waals surface area contributed by atoms with Crippen molar-refractivity contribution in [2.75, 3.05) is 26.3 Å². The summed E-state index contributed by atoms with van der Waals surface area (Å²) in [5, 5.41) is 7.42. The summed E-state index contributed by atoms with van der Waals surface area (Å²) in [7, 11) is 0. The number of carbonyl (C=O) groups is 1. The lowest BCUT2D eigenvalue weighted by Crippen LogP contribution is -2.47. The van der Waals surface area contributed by atoms with Crippen molar-refractivity contribution in [3.8, 4) is 11.5 Å². The summed E-state index contributed by atoms with van der Waals surface area (Å²) in [6.07, 6.45) is 6.20. The number of hydrogen-bond donors (Lipinski definition) is 1. The summed E-state index contributed by atoms with van der Waals surface area (Å²) >= 11 is 0. The van der Waals surface area contributed by atoms with Crippen LogP contribution in [0.3, 0.4) is 0 Å². The highest BCUT2D eigenvalue weighted by Crippen LogP contribution is 2.44. The van der Waals surface area contributed by atoms with Crippen molar-refractivity contribution in [3.63, 3.8) is 0 Å². The van der Waals surface area contributed by atoms with Crippen molar-refractivity contribution in [1.82, 2.24) is 15.1 Å². The quantitative estimate of drug-likeness (QED) is 0.878. The first-order valence-electron chi connectivity index (χ1n) is 9.88. The number of likely N-dealkylation sites (tertiary alicyclic amines) is 1. The molecule has 1 aliphatic carbocycles. The third-order valence-electron chi connectivity index (χ3n) is 5.78. The zero-order chi connectivity index (χ0) is 18.9. The summed E-state index contributed by atoms with van der Waals surface area (Å²) in [5.41, 5.74) is 3.24. The van der Waals surface area contributed by atoms with E-state index in [4.69, 9.17) is 9.47 Å². The Morgan fingerprint density at radius 2 is 2.04 bits per heavy atom. The highest BCUT2D eigenvalue weighted by atomic mass is 16.5. The molecule has 2 heterocycles. The number of aromatic nitrogens is 2. The van der Waals surface area contributed by atoms with Crippen LogP contribution in [0, 0.1) is 0 Å². The predicted octanol–water partition coefficient (Wildman–Crippen LogP) is 3.33. The average Bonchev–Trinajstić information content (AvgIpc) is 3.28. The molecule has 1 aliphatic heterocycles. The first-order valence-corrected chi connectivity index (χ1v) is 9.88. The van der Waals surface area contributed by atoms with Gasteiger partial charge in [0.05, 0.1) is 19.4 Å². The Kier molecular flexibility index (Phi) is 4.81. The van der Waals surface area contributed by atoms with Gasteiger partial charge in [0, 0.05) is 29.8 Å². The second-order valence-corrected chi connectivity index (χ2v) is 7.41. The van der Waals surface area contributed by atoms with Crippen LogP contribution in [0.1, 0.15) is 54.7 Å². The molecule has 0 saturated carbocycles. The number of H-pyrrole nitrogens is 1. The Morgan fingerprint density at radius 3 is 2.85 bits per heavy atom. The molecule has 144 valence electrons. The first kappa shape index (κ1) is 17.9. The molecule has 1 unspecified atom stereocenters. The first-order chi connectivity index (χ1) is 13.2. The van der Waals surface area contributed by atoms with Crippen LogP contribution < -0.4 is 9.47 Å². The topological polar surface area (TPSA) is 67.5 Å². The van der Waals surface area contributed by atoms with E-state index in [-0.39, 0.29) is 11.3 Å². The fourth-order valence-corrected chi connectivity index (χ4v) is 4.54. The fourth-order valence-electron chi connectivity index (χ4n) is 4.54. The molecule has 1 N–H and O–H groups in total. The molecule has 2 aromatic rings. The van der Waals surface area contributed by atoms with Gasteiger partial charge in [-0.15, -0.1) is 0 Å². The van der Waals surface area contributed by atoms with Gasteiger partial charge in [0.1, 0.15) is 0 Å². The second kappa shape index (κ2) is 7.25. The van der Waals surface area contributed by atoms with Gasteiger partial charge in [0.2, 0.25) is 0 Å². The molecule has 6 nitrogen and oxygen atoms in total. The van der Waals surface area contributed by atoms with Crippen molar-refractivity contribution >= 4 is 5.91 Å². The molecule has 1 aromatic carbocycles. The van der Waals surface area contributed by atoms with Crippen molar-refractivity contribution in [1.29, 1.82) is 0 Å². The van der Waals surface area contributed by atoms with Crippen LogP contribution >= 0.6 is 0 Å². The van der Waals surface area contributed by atoms with Crippen LogP contribution in [-0.2, 0) is 11.8 Å². The number of amides is 1. The molecule has 1 aromatic heterocycles. The third kappa shape index (κ3) is 3.17. The van der Waals surface area contributed by atoms with Gasteiger partial charge in [-0.1, -0.05) is 0 Å². The van der Waals surface area contributed by atoms with Crippen LogP contribution in [0.15, 0.2) is 24.4 Å². The maximum Gasteiger partial charge on any atom is 0.254 e. The lowest BCUT2D eigenvalue weighted by atomic mass is 9.77. The molecule has 6 heteroatoms. The molecule has 2 aliphatic rings. The van der Waals surface area contributed by atoms with E-state index in [0.29, 0.717) is 30.3 Å². The third-order valence-corrected chi connectivity index (χ3v) is 5.78. The van der Waals surface area contributed by atoms with Gasteiger partial charge in [0.25, 0.3) is 5.91 Å². The van der Waals surface area contributed by atoms with Gasteiger partial charge in [-0.05, 0) is 63.3 Å². The summed E-state index contributed by atoms with van der Waals surface area (Å²) in [5.74, 6) is 1.38. The van der Waals surface area contributed by atoms with Crippen LogP contribution in [0.2, 0.25) is 0 Å². The maximum absolute atomic E-state index is 13.2. The number of fused-ring (bicyclic) bond motifs is 2.